The summed E-state index contributed by atoms with van der Waals surface area (Å²) in [5, 5.41) is 3.39. The first-order valence-corrected chi connectivity index (χ1v) is 7.74. The van der Waals surface area contributed by atoms with Gasteiger partial charge in [-0.3, -0.25) is 0 Å². The molecule has 0 aliphatic carbocycles. The molecular formula is C16H20BrN3. The normalized spacial score (nSPS) is 10.8. The van der Waals surface area contributed by atoms with E-state index in [1.54, 1.807) is 0 Å². The van der Waals surface area contributed by atoms with Crippen LogP contribution in [0.2, 0.25) is 0 Å². The minimum absolute atomic E-state index is 0.316. The van der Waals surface area contributed by atoms with Crippen LogP contribution in [0.15, 0.2) is 34.9 Å². The van der Waals surface area contributed by atoms with E-state index in [4.69, 9.17) is 0 Å². The molecular weight excluding hydrogens is 314 g/mol. The van der Waals surface area contributed by atoms with Crippen LogP contribution in [0.5, 0.6) is 0 Å². The first-order chi connectivity index (χ1) is 9.60. The van der Waals surface area contributed by atoms with Gasteiger partial charge in [-0.15, -0.1) is 0 Å². The Kier molecular flexibility index (Phi) is 5.12. The van der Waals surface area contributed by atoms with Gasteiger partial charge in [0, 0.05) is 18.5 Å². The Balaban J connectivity index is 2.14. The summed E-state index contributed by atoms with van der Waals surface area (Å²) < 4.78 is 0.822. The van der Waals surface area contributed by atoms with Crippen molar-refractivity contribution in [3.05, 3.63) is 51.9 Å². The Labute approximate surface area is 129 Å². The third-order valence-corrected chi connectivity index (χ3v) is 3.59. The number of rotatable bonds is 5. The van der Waals surface area contributed by atoms with Crippen LogP contribution in [0.1, 0.15) is 43.6 Å². The lowest BCUT2D eigenvalue weighted by Gasteiger charge is -2.12. The van der Waals surface area contributed by atoms with Gasteiger partial charge in [-0.05, 0) is 33.5 Å². The van der Waals surface area contributed by atoms with Crippen molar-refractivity contribution in [1.82, 2.24) is 9.97 Å². The van der Waals surface area contributed by atoms with Crippen molar-refractivity contribution >= 4 is 21.7 Å². The first-order valence-electron chi connectivity index (χ1n) is 6.95. The fraction of sp³-hybridized carbons (Fsp3) is 0.375. The summed E-state index contributed by atoms with van der Waals surface area (Å²) in [7, 11) is 0. The van der Waals surface area contributed by atoms with E-state index in [1.807, 2.05) is 6.07 Å². The molecule has 1 N–H and O–H groups in total. The lowest BCUT2D eigenvalue weighted by molar-refractivity contribution is 0.769. The van der Waals surface area contributed by atoms with Crippen molar-refractivity contribution in [1.29, 1.82) is 0 Å². The molecule has 0 saturated carbocycles. The Hall–Kier alpha value is -1.42. The molecule has 0 atom stereocenters. The number of nitrogens with one attached hydrogen (secondary N) is 1. The molecule has 20 heavy (non-hydrogen) atoms. The fourth-order valence-electron chi connectivity index (χ4n) is 2.04. The van der Waals surface area contributed by atoms with E-state index in [1.165, 1.54) is 11.1 Å². The van der Waals surface area contributed by atoms with E-state index in [2.05, 4.69) is 76.3 Å². The van der Waals surface area contributed by atoms with Crippen LogP contribution in [-0.4, -0.2) is 9.97 Å². The number of benzene rings is 1. The van der Waals surface area contributed by atoms with E-state index in [9.17, 15) is 0 Å². The standard InChI is InChI=1S/C16H20BrN3/c1-4-12-7-5-6-8-13(12)10-18-15-9-14(17)19-16(20-15)11(2)3/h5-9,11H,4,10H2,1-3H3,(H,18,19,20). The SMILES string of the molecule is CCc1ccccc1CNc1cc(Br)nc(C(C)C)n1. The molecule has 106 valence electrons. The zero-order valence-electron chi connectivity index (χ0n) is 12.2. The molecule has 0 aliphatic heterocycles. The summed E-state index contributed by atoms with van der Waals surface area (Å²) in [4.78, 5) is 8.94. The van der Waals surface area contributed by atoms with E-state index >= 15 is 0 Å². The van der Waals surface area contributed by atoms with E-state index < -0.39 is 0 Å². The molecule has 0 aliphatic rings. The van der Waals surface area contributed by atoms with Crippen LogP contribution in [0.4, 0.5) is 5.82 Å². The zero-order valence-corrected chi connectivity index (χ0v) is 13.7. The number of anilines is 1. The van der Waals surface area contributed by atoms with E-state index in [0.29, 0.717) is 5.92 Å². The molecule has 1 aromatic heterocycles. The minimum Gasteiger partial charge on any atom is -0.366 e. The molecule has 2 aromatic rings. The van der Waals surface area contributed by atoms with Crippen molar-refractivity contribution < 1.29 is 0 Å². The highest BCUT2D eigenvalue weighted by atomic mass is 79.9. The number of nitrogens with zero attached hydrogens (tertiary/aromatic N) is 2. The van der Waals surface area contributed by atoms with E-state index in [0.717, 1.165) is 29.2 Å². The lowest BCUT2D eigenvalue weighted by atomic mass is 10.1. The smallest absolute Gasteiger partial charge is 0.134 e. The largest absolute Gasteiger partial charge is 0.366 e. The molecule has 0 fully saturated rings. The van der Waals surface area contributed by atoms with Crippen LogP contribution in [0.25, 0.3) is 0 Å². The van der Waals surface area contributed by atoms with Gasteiger partial charge in [-0.2, -0.15) is 0 Å². The van der Waals surface area contributed by atoms with Crippen LogP contribution in [0, 0.1) is 0 Å². The number of aryl methyl sites for hydroxylation is 1. The average Bonchev–Trinajstić information content (AvgIpc) is 2.44. The lowest BCUT2D eigenvalue weighted by Crippen LogP contribution is -2.07. The van der Waals surface area contributed by atoms with Gasteiger partial charge in [0.05, 0.1) is 0 Å². The topological polar surface area (TPSA) is 37.8 Å². The monoisotopic (exact) mass is 333 g/mol. The molecule has 3 nitrogen and oxygen atoms in total. The second-order valence-electron chi connectivity index (χ2n) is 5.06. The predicted molar refractivity (Wildman–Crippen MR) is 87.0 cm³/mol. The van der Waals surface area contributed by atoms with Crippen molar-refractivity contribution in [2.75, 3.05) is 5.32 Å². The highest BCUT2D eigenvalue weighted by Crippen LogP contribution is 2.18. The summed E-state index contributed by atoms with van der Waals surface area (Å²) in [6, 6.07) is 10.4. The van der Waals surface area contributed by atoms with Crippen molar-refractivity contribution in [3.63, 3.8) is 0 Å². The number of hydrogen-bond acceptors (Lipinski definition) is 3. The molecule has 0 saturated heterocycles. The van der Waals surface area contributed by atoms with Crippen LogP contribution >= 0.6 is 15.9 Å². The molecule has 0 amide bonds. The molecule has 0 unspecified atom stereocenters. The zero-order chi connectivity index (χ0) is 14.5. The molecule has 0 spiro atoms. The summed E-state index contributed by atoms with van der Waals surface area (Å²) in [6.45, 7) is 7.15. The summed E-state index contributed by atoms with van der Waals surface area (Å²) in [5.41, 5.74) is 2.69. The van der Waals surface area contributed by atoms with Crippen LogP contribution in [-0.2, 0) is 13.0 Å². The van der Waals surface area contributed by atoms with Crippen molar-refractivity contribution in [3.8, 4) is 0 Å². The average molecular weight is 334 g/mol. The van der Waals surface area contributed by atoms with Gasteiger partial charge in [0.1, 0.15) is 16.2 Å². The summed E-state index contributed by atoms with van der Waals surface area (Å²) in [5.74, 6) is 2.03. The van der Waals surface area contributed by atoms with Gasteiger partial charge in [-0.25, -0.2) is 9.97 Å². The van der Waals surface area contributed by atoms with Crippen molar-refractivity contribution in [2.45, 2.75) is 39.7 Å². The minimum atomic E-state index is 0.316. The Morgan fingerprint density at radius 3 is 2.50 bits per heavy atom. The van der Waals surface area contributed by atoms with Crippen LogP contribution < -0.4 is 5.32 Å². The van der Waals surface area contributed by atoms with Gasteiger partial charge in [0.2, 0.25) is 0 Å². The molecule has 0 bridgehead atoms. The quantitative estimate of drug-likeness (QED) is 0.816. The maximum absolute atomic E-state index is 4.55. The maximum atomic E-state index is 4.55. The first kappa shape index (κ1) is 15.0. The molecule has 2 rings (SSSR count). The number of halogens is 1. The molecule has 0 radical (unpaired) electrons. The number of aromatic nitrogens is 2. The van der Waals surface area contributed by atoms with Crippen molar-refractivity contribution in [2.24, 2.45) is 0 Å². The highest BCUT2D eigenvalue weighted by Gasteiger charge is 2.07. The molecule has 1 aromatic carbocycles. The summed E-state index contributed by atoms with van der Waals surface area (Å²) in [6.07, 6.45) is 1.04. The second kappa shape index (κ2) is 6.84. The summed E-state index contributed by atoms with van der Waals surface area (Å²) >= 11 is 3.44. The Morgan fingerprint density at radius 1 is 1.15 bits per heavy atom. The maximum Gasteiger partial charge on any atom is 0.134 e. The van der Waals surface area contributed by atoms with Gasteiger partial charge in [-0.1, -0.05) is 45.0 Å². The van der Waals surface area contributed by atoms with Crippen LogP contribution in [0.3, 0.4) is 0 Å². The van der Waals surface area contributed by atoms with E-state index in [-0.39, 0.29) is 0 Å². The highest BCUT2D eigenvalue weighted by molar-refractivity contribution is 9.10. The third kappa shape index (κ3) is 3.79. The number of hydrogen-bond donors (Lipinski definition) is 1. The third-order valence-electron chi connectivity index (χ3n) is 3.19. The Bertz CT molecular complexity index is 582. The molecule has 1 heterocycles. The molecule has 4 heteroatoms. The second-order valence-corrected chi connectivity index (χ2v) is 5.88. The van der Waals surface area contributed by atoms with Gasteiger partial charge in [0.25, 0.3) is 0 Å². The fourth-order valence-corrected chi connectivity index (χ4v) is 2.44. The van der Waals surface area contributed by atoms with Gasteiger partial charge >= 0.3 is 0 Å². The van der Waals surface area contributed by atoms with Gasteiger partial charge < -0.3 is 5.32 Å². The van der Waals surface area contributed by atoms with Gasteiger partial charge in [0.15, 0.2) is 0 Å². The Morgan fingerprint density at radius 2 is 1.85 bits per heavy atom. The predicted octanol–water partition coefficient (Wildman–Crippen LogP) is 4.54.